The Morgan fingerprint density at radius 3 is 2.55 bits per heavy atom. The number of carbonyl (C=O) groups excluding carboxylic acids is 2. The smallest absolute Gasteiger partial charge is 0.354 e. The van der Waals surface area contributed by atoms with Crippen LogP contribution < -0.4 is 5.32 Å². The van der Waals surface area contributed by atoms with Crippen LogP contribution in [0.3, 0.4) is 0 Å². The van der Waals surface area contributed by atoms with E-state index in [2.05, 4.69) is 30.7 Å². The molecule has 1 aromatic rings. The Bertz CT molecular complexity index is 577. The van der Waals surface area contributed by atoms with Crippen LogP contribution in [-0.4, -0.2) is 26.2 Å². The van der Waals surface area contributed by atoms with Crippen LogP contribution in [0.15, 0.2) is 28.4 Å². The van der Waals surface area contributed by atoms with Crippen LogP contribution in [0.4, 0.5) is 10.1 Å². The lowest BCUT2D eigenvalue weighted by molar-refractivity contribution is -0.138. The fourth-order valence-electron chi connectivity index (χ4n) is 1.20. The highest BCUT2D eigenvalue weighted by atomic mass is 79.9. The van der Waals surface area contributed by atoms with Crippen molar-refractivity contribution in [2.75, 3.05) is 19.5 Å². The van der Waals surface area contributed by atoms with E-state index in [1.54, 1.807) is 0 Å². The third-order valence-corrected chi connectivity index (χ3v) is 3.07. The van der Waals surface area contributed by atoms with Gasteiger partial charge >= 0.3 is 11.9 Å². The summed E-state index contributed by atoms with van der Waals surface area (Å²) in [5.74, 6) is -2.18. The van der Waals surface area contributed by atoms with E-state index in [9.17, 15) is 14.0 Å². The first kappa shape index (κ1) is 16.5. The molecule has 0 saturated carbocycles. The Balaban J connectivity index is 3.14. The largest absolute Gasteiger partial charge is 0.466 e. The summed E-state index contributed by atoms with van der Waals surface area (Å²) in [7, 11) is 2.29. The van der Waals surface area contributed by atoms with Gasteiger partial charge < -0.3 is 14.8 Å². The molecule has 0 aliphatic heterocycles. The van der Waals surface area contributed by atoms with Gasteiger partial charge in [-0.25, -0.2) is 14.0 Å². The highest BCUT2D eigenvalue weighted by Gasteiger charge is 2.15. The number of halogens is 3. The molecule has 0 saturated heterocycles. The molecule has 0 heterocycles. The van der Waals surface area contributed by atoms with E-state index in [0.29, 0.717) is 0 Å². The molecule has 0 aromatic heterocycles. The summed E-state index contributed by atoms with van der Waals surface area (Å²) in [6.45, 7) is 0. The maximum absolute atomic E-state index is 13.4. The molecule has 1 rings (SSSR count). The molecule has 5 nitrogen and oxygen atoms in total. The Hall–Kier alpha value is -1.60. The molecule has 20 heavy (non-hydrogen) atoms. The molecular formula is C12H10BrClFNO4. The fraction of sp³-hybridized carbons (Fsp3) is 0.167. The zero-order valence-electron chi connectivity index (χ0n) is 10.5. The van der Waals surface area contributed by atoms with Crippen molar-refractivity contribution in [3.05, 3.63) is 39.2 Å². The molecule has 0 amide bonds. The number of rotatable bonds is 4. The van der Waals surface area contributed by atoms with Gasteiger partial charge in [0.25, 0.3) is 0 Å². The van der Waals surface area contributed by atoms with E-state index in [1.807, 2.05) is 0 Å². The van der Waals surface area contributed by atoms with Crippen LogP contribution in [0.2, 0.25) is 5.02 Å². The predicted octanol–water partition coefficient (Wildman–Crippen LogP) is 2.88. The lowest BCUT2D eigenvalue weighted by atomic mass is 10.3. The molecular weight excluding hydrogens is 356 g/mol. The van der Waals surface area contributed by atoms with Gasteiger partial charge in [0, 0.05) is 6.07 Å². The van der Waals surface area contributed by atoms with E-state index >= 15 is 0 Å². The van der Waals surface area contributed by atoms with Crippen molar-refractivity contribution in [3.8, 4) is 0 Å². The highest BCUT2D eigenvalue weighted by Crippen LogP contribution is 2.29. The van der Waals surface area contributed by atoms with Crippen LogP contribution in [0, 0.1) is 5.82 Å². The lowest BCUT2D eigenvalue weighted by Crippen LogP contribution is -2.15. The number of methoxy groups -OCH3 is 2. The van der Waals surface area contributed by atoms with Gasteiger partial charge in [0.15, 0.2) is 0 Å². The highest BCUT2D eigenvalue weighted by molar-refractivity contribution is 9.10. The molecule has 0 radical (unpaired) electrons. The summed E-state index contributed by atoms with van der Waals surface area (Å²) >= 11 is 8.88. The van der Waals surface area contributed by atoms with Crippen LogP contribution in [0.25, 0.3) is 0 Å². The number of anilines is 1. The van der Waals surface area contributed by atoms with Gasteiger partial charge in [0.2, 0.25) is 0 Å². The van der Waals surface area contributed by atoms with Gasteiger partial charge in [-0.3, -0.25) is 0 Å². The van der Waals surface area contributed by atoms with Crippen LogP contribution in [-0.2, 0) is 19.1 Å². The van der Waals surface area contributed by atoms with Crippen molar-refractivity contribution in [2.45, 2.75) is 0 Å². The first-order valence-corrected chi connectivity index (χ1v) is 6.35. The number of esters is 2. The molecule has 108 valence electrons. The second-order valence-electron chi connectivity index (χ2n) is 3.44. The summed E-state index contributed by atoms with van der Waals surface area (Å²) in [6.07, 6.45) is 0.877. The standard InChI is InChI=1S/C12H10BrClFNO4/c1-19-11(17)5-10(12(18)20-2)16-9-4-8(15)6(13)3-7(9)14/h3-5,16H,1-2H3/b10-5+. The van der Waals surface area contributed by atoms with E-state index in [0.717, 1.165) is 26.4 Å². The molecule has 0 aliphatic carbocycles. The van der Waals surface area contributed by atoms with E-state index in [-0.39, 0.29) is 20.9 Å². The lowest BCUT2D eigenvalue weighted by Gasteiger charge is -2.11. The molecule has 8 heteroatoms. The number of nitrogens with one attached hydrogen (secondary N) is 1. The second-order valence-corrected chi connectivity index (χ2v) is 4.71. The maximum Gasteiger partial charge on any atom is 0.354 e. The average molecular weight is 367 g/mol. The van der Waals surface area contributed by atoms with Crippen molar-refractivity contribution in [2.24, 2.45) is 0 Å². The monoisotopic (exact) mass is 365 g/mol. The van der Waals surface area contributed by atoms with Crippen molar-refractivity contribution < 1.29 is 23.5 Å². The molecule has 0 spiro atoms. The number of ether oxygens (including phenoxy) is 2. The molecule has 0 atom stereocenters. The van der Waals surface area contributed by atoms with Crippen molar-refractivity contribution in [1.82, 2.24) is 0 Å². The minimum atomic E-state index is -0.824. The zero-order valence-corrected chi connectivity index (χ0v) is 12.8. The van der Waals surface area contributed by atoms with E-state index in [4.69, 9.17) is 11.6 Å². The van der Waals surface area contributed by atoms with Crippen LogP contribution >= 0.6 is 27.5 Å². The minimum absolute atomic E-state index is 0.105. The van der Waals surface area contributed by atoms with Crippen LogP contribution in [0.1, 0.15) is 0 Å². The van der Waals surface area contributed by atoms with Gasteiger partial charge in [-0.1, -0.05) is 11.6 Å². The molecule has 0 aliphatic rings. The molecule has 0 fully saturated rings. The molecule has 1 N–H and O–H groups in total. The summed E-state index contributed by atoms with van der Waals surface area (Å²) in [6, 6.07) is 2.38. The first-order chi connectivity index (χ1) is 9.38. The third-order valence-electron chi connectivity index (χ3n) is 2.15. The Morgan fingerprint density at radius 2 is 2.00 bits per heavy atom. The van der Waals surface area contributed by atoms with Crippen molar-refractivity contribution in [1.29, 1.82) is 0 Å². The second kappa shape index (κ2) is 7.25. The minimum Gasteiger partial charge on any atom is -0.466 e. The van der Waals surface area contributed by atoms with Crippen LogP contribution in [0.5, 0.6) is 0 Å². The molecule has 0 unspecified atom stereocenters. The summed E-state index contributed by atoms with van der Waals surface area (Å²) in [4.78, 5) is 22.7. The quantitative estimate of drug-likeness (QED) is 0.504. The van der Waals surface area contributed by atoms with E-state index < -0.39 is 17.8 Å². The third kappa shape index (κ3) is 4.21. The summed E-state index contributed by atoms with van der Waals surface area (Å²) in [5, 5.41) is 2.68. The van der Waals surface area contributed by atoms with Crippen molar-refractivity contribution in [3.63, 3.8) is 0 Å². The molecule has 0 bridgehead atoms. The summed E-state index contributed by atoms with van der Waals surface area (Å²) in [5.41, 5.74) is -0.129. The number of hydrogen-bond donors (Lipinski definition) is 1. The van der Waals surface area contributed by atoms with Gasteiger partial charge in [0.05, 0.1) is 35.5 Å². The number of hydrogen-bond acceptors (Lipinski definition) is 5. The first-order valence-electron chi connectivity index (χ1n) is 5.18. The Labute approximate surface area is 127 Å². The Morgan fingerprint density at radius 1 is 1.35 bits per heavy atom. The SMILES string of the molecule is COC(=O)/C=C(/Nc1cc(F)c(Br)cc1Cl)C(=O)OC. The van der Waals surface area contributed by atoms with E-state index in [1.165, 1.54) is 6.07 Å². The predicted molar refractivity (Wildman–Crippen MR) is 74.8 cm³/mol. The van der Waals surface area contributed by atoms with Crippen molar-refractivity contribution >= 4 is 45.2 Å². The Kier molecular flexibility index (Phi) is 5.97. The average Bonchev–Trinajstić information content (AvgIpc) is 2.42. The zero-order chi connectivity index (χ0) is 15.3. The number of benzene rings is 1. The molecule has 1 aromatic carbocycles. The number of carbonyl (C=O) groups is 2. The summed E-state index contributed by atoms with van der Waals surface area (Å²) < 4.78 is 22.5. The van der Waals surface area contributed by atoms with Gasteiger partial charge in [-0.2, -0.15) is 0 Å². The van der Waals surface area contributed by atoms with Gasteiger partial charge in [-0.15, -0.1) is 0 Å². The van der Waals surface area contributed by atoms with Gasteiger partial charge in [-0.05, 0) is 22.0 Å². The maximum atomic E-state index is 13.4. The van der Waals surface area contributed by atoms with Gasteiger partial charge in [0.1, 0.15) is 11.5 Å². The normalized spacial score (nSPS) is 10.9. The fourth-order valence-corrected chi connectivity index (χ4v) is 1.88. The topological polar surface area (TPSA) is 64.6 Å².